The second kappa shape index (κ2) is 6.67. The summed E-state index contributed by atoms with van der Waals surface area (Å²) in [5.41, 5.74) is -0.420. The van der Waals surface area contributed by atoms with Crippen molar-refractivity contribution >= 4 is 34.2 Å². The number of hydrogen-bond donors (Lipinski definition) is 1. The molecule has 1 fully saturated rings. The van der Waals surface area contributed by atoms with Gasteiger partial charge in [0, 0.05) is 25.8 Å². The number of aryl methyl sites for hydroxylation is 1. The lowest BCUT2D eigenvalue weighted by atomic mass is 9.98. The van der Waals surface area contributed by atoms with Crippen molar-refractivity contribution in [3.8, 4) is 0 Å². The third-order valence-electron chi connectivity index (χ3n) is 4.90. The quantitative estimate of drug-likeness (QED) is 0.898. The lowest BCUT2D eigenvalue weighted by molar-refractivity contribution is 0.0695. The molecule has 1 saturated heterocycles. The second-order valence-corrected chi connectivity index (χ2v) is 6.93. The minimum Gasteiger partial charge on any atom is -0.477 e. The summed E-state index contributed by atoms with van der Waals surface area (Å²) in [6.07, 6.45) is 3.18. The van der Waals surface area contributed by atoms with Gasteiger partial charge in [0.2, 0.25) is 5.43 Å². The lowest BCUT2D eigenvalue weighted by Crippen LogP contribution is -2.34. The average Bonchev–Trinajstić information content (AvgIpc) is 2.57. The number of benzene rings is 1. The number of rotatable bonds is 3. The van der Waals surface area contributed by atoms with Gasteiger partial charge in [0.1, 0.15) is 11.4 Å². The van der Waals surface area contributed by atoms with Gasteiger partial charge in [0.05, 0.1) is 21.6 Å². The summed E-state index contributed by atoms with van der Waals surface area (Å²) >= 11 is 6.52. The van der Waals surface area contributed by atoms with Gasteiger partial charge in [-0.25, -0.2) is 9.18 Å². The Hall–Kier alpha value is -2.08. The molecule has 25 heavy (non-hydrogen) atoms. The summed E-state index contributed by atoms with van der Waals surface area (Å²) in [5, 5.41) is 9.38. The Bertz CT molecular complexity index is 902. The van der Waals surface area contributed by atoms with Gasteiger partial charge in [0.25, 0.3) is 0 Å². The third-order valence-corrected chi connectivity index (χ3v) is 5.26. The minimum atomic E-state index is -1.33. The fourth-order valence-corrected chi connectivity index (χ4v) is 3.82. The van der Waals surface area contributed by atoms with Crippen LogP contribution >= 0.6 is 11.6 Å². The summed E-state index contributed by atoms with van der Waals surface area (Å²) in [5.74, 6) is -1.33. The number of nitrogens with zero attached hydrogens (tertiary/aromatic N) is 2. The molecule has 0 amide bonds. The van der Waals surface area contributed by atoms with Gasteiger partial charge in [0.15, 0.2) is 0 Å². The van der Waals surface area contributed by atoms with Crippen molar-refractivity contribution in [2.24, 2.45) is 5.92 Å². The fourth-order valence-electron chi connectivity index (χ4n) is 3.40. The number of carbonyl (C=O) groups is 1. The molecule has 0 aliphatic carbocycles. The zero-order valence-electron chi connectivity index (χ0n) is 14.2. The maximum Gasteiger partial charge on any atom is 0.341 e. The molecule has 3 rings (SSSR count). The first kappa shape index (κ1) is 17.7. The van der Waals surface area contributed by atoms with E-state index in [0.29, 0.717) is 36.8 Å². The van der Waals surface area contributed by atoms with Crippen molar-refractivity contribution in [1.29, 1.82) is 0 Å². The highest BCUT2D eigenvalue weighted by Crippen LogP contribution is 2.37. The number of aromatic nitrogens is 1. The normalized spacial score (nSPS) is 15.8. The van der Waals surface area contributed by atoms with Crippen LogP contribution in [0.25, 0.3) is 10.9 Å². The smallest absolute Gasteiger partial charge is 0.341 e. The van der Waals surface area contributed by atoms with E-state index in [4.69, 9.17) is 11.6 Å². The van der Waals surface area contributed by atoms with Crippen molar-refractivity contribution in [2.45, 2.75) is 33.2 Å². The van der Waals surface area contributed by atoms with Crippen molar-refractivity contribution in [3.05, 3.63) is 38.9 Å². The molecule has 7 heteroatoms. The molecule has 5 nitrogen and oxygen atoms in total. The van der Waals surface area contributed by atoms with Crippen LogP contribution in [0.2, 0.25) is 5.02 Å². The minimum absolute atomic E-state index is 0.00150. The standard InChI is InChI=1S/C18H20ClFN2O3/c1-3-21-9-12(18(24)25)17(23)11-8-13(20)16(14(19)15(11)21)22-6-4-10(2)5-7-22/h8-10H,3-7H2,1-2H3,(H,24,25). The third kappa shape index (κ3) is 2.99. The molecule has 1 aliphatic rings. The first-order valence-corrected chi connectivity index (χ1v) is 8.76. The first-order chi connectivity index (χ1) is 11.8. The average molecular weight is 367 g/mol. The van der Waals surface area contributed by atoms with Crippen LogP contribution in [-0.4, -0.2) is 28.7 Å². The lowest BCUT2D eigenvalue weighted by Gasteiger charge is -2.33. The zero-order chi connectivity index (χ0) is 18.3. The fraction of sp³-hybridized carbons (Fsp3) is 0.444. The number of fused-ring (bicyclic) bond motifs is 1. The summed E-state index contributed by atoms with van der Waals surface area (Å²) in [7, 11) is 0. The van der Waals surface area contributed by atoms with Crippen LogP contribution in [0.1, 0.15) is 37.0 Å². The number of carboxylic acids is 1. The molecule has 0 radical (unpaired) electrons. The maximum absolute atomic E-state index is 14.8. The Balaban J connectivity index is 2.28. The summed E-state index contributed by atoms with van der Waals surface area (Å²) in [6, 6.07) is 1.12. The highest BCUT2D eigenvalue weighted by Gasteiger charge is 2.25. The van der Waals surface area contributed by atoms with Crippen molar-refractivity contribution in [1.82, 2.24) is 4.57 Å². The molecule has 1 aromatic heterocycles. The Kier molecular flexibility index (Phi) is 4.73. The van der Waals surface area contributed by atoms with E-state index < -0.39 is 17.2 Å². The van der Waals surface area contributed by atoms with Crippen LogP contribution in [0, 0.1) is 11.7 Å². The van der Waals surface area contributed by atoms with Crippen LogP contribution in [0.5, 0.6) is 0 Å². The number of hydrogen-bond acceptors (Lipinski definition) is 3. The highest BCUT2D eigenvalue weighted by molar-refractivity contribution is 6.38. The van der Waals surface area contributed by atoms with Gasteiger partial charge in [-0.15, -0.1) is 0 Å². The van der Waals surface area contributed by atoms with Crippen molar-refractivity contribution in [2.75, 3.05) is 18.0 Å². The maximum atomic E-state index is 14.8. The van der Waals surface area contributed by atoms with Crippen molar-refractivity contribution in [3.63, 3.8) is 0 Å². The molecule has 0 unspecified atom stereocenters. The molecule has 0 atom stereocenters. The van der Waals surface area contributed by atoms with Gasteiger partial charge >= 0.3 is 5.97 Å². The predicted molar refractivity (Wildman–Crippen MR) is 96.4 cm³/mol. The van der Waals surface area contributed by atoms with Crippen LogP contribution in [-0.2, 0) is 6.54 Å². The molecule has 0 spiro atoms. The van der Waals surface area contributed by atoms with Crippen LogP contribution in [0.15, 0.2) is 17.1 Å². The van der Waals surface area contributed by atoms with Gasteiger partial charge < -0.3 is 14.6 Å². The molecule has 134 valence electrons. The Morgan fingerprint density at radius 1 is 1.40 bits per heavy atom. The van der Waals surface area contributed by atoms with Crippen LogP contribution in [0.4, 0.5) is 10.1 Å². The Morgan fingerprint density at radius 2 is 2.04 bits per heavy atom. The van der Waals surface area contributed by atoms with E-state index in [1.807, 2.05) is 11.8 Å². The number of carboxylic acid groups (broad SMARTS) is 1. The monoisotopic (exact) mass is 366 g/mol. The van der Waals surface area contributed by atoms with Gasteiger partial charge in [-0.1, -0.05) is 18.5 Å². The predicted octanol–water partition coefficient (Wildman–Crippen LogP) is 3.75. The first-order valence-electron chi connectivity index (χ1n) is 8.38. The Morgan fingerprint density at radius 3 is 2.60 bits per heavy atom. The second-order valence-electron chi connectivity index (χ2n) is 6.55. The van der Waals surface area contributed by atoms with Crippen molar-refractivity contribution < 1.29 is 14.3 Å². The molecular weight excluding hydrogens is 347 g/mol. The number of piperidine rings is 1. The summed E-state index contributed by atoms with van der Waals surface area (Å²) < 4.78 is 16.4. The molecular formula is C18H20ClFN2O3. The van der Waals surface area contributed by atoms with Crippen LogP contribution < -0.4 is 10.3 Å². The summed E-state index contributed by atoms with van der Waals surface area (Å²) in [4.78, 5) is 25.6. The number of anilines is 1. The van der Waals surface area contributed by atoms with E-state index in [-0.39, 0.29) is 16.0 Å². The van der Waals surface area contributed by atoms with E-state index in [1.165, 1.54) is 6.20 Å². The van der Waals surface area contributed by atoms with Gasteiger partial charge in [-0.3, -0.25) is 4.79 Å². The Labute approximate surface area is 149 Å². The largest absolute Gasteiger partial charge is 0.477 e. The highest BCUT2D eigenvalue weighted by atomic mass is 35.5. The van der Waals surface area contributed by atoms with Gasteiger partial charge in [-0.2, -0.15) is 0 Å². The summed E-state index contributed by atoms with van der Waals surface area (Å²) in [6.45, 7) is 5.80. The number of pyridine rings is 1. The number of halogens is 2. The molecule has 1 N–H and O–H groups in total. The van der Waals surface area contributed by atoms with Crippen LogP contribution in [0.3, 0.4) is 0 Å². The van der Waals surface area contributed by atoms with E-state index in [9.17, 15) is 19.1 Å². The molecule has 2 aromatic rings. The molecule has 1 aromatic carbocycles. The number of aromatic carboxylic acids is 1. The SMILES string of the molecule is CCn1cc(C(=O)O)c(=O)c2cc(F)c(N3CCC(C)CC3)c(Cl)c21. The van der Waals surface area contributed by atoms with E-state index in [0.717, 1.165) is 18.9 Å². The molecule has 0 bridgehead atoms. The van der Waals surface area contributed by atoms with E-state index in [2.05, 4.69) is 6.92 Å². The topological polar surface area (TPSA) is 62.5 Å². The molecule has 0 saturated carbocycles. The van der Waals surface area contributed by atoms with E-state index in [1.54, 1.807) is 4.57 Å². The zero-order valence-corrected chi connectivity index (χ0v) is 14.9. The van der Waals surface area contributed by atoms with Gasteiger partial charge in [-0.05, 0) is 31.7 Å². The molecule has 2 heterocycles. The molecule has 1 aliphatic heterocycles. The van der Waals surface area contributed by atoms with E-state index >= 15 is 0 Å².